The van der Waals surface area contributed by atoms with Gasteiger partial charge in [-0.25, -0.2) is 4.79 Å². The first-order valence-electron chi connectivity index (χ1n) is 9.44. The van der Waals surface area contributed by atoms with E-state index in [0.717, 1.165) is 31.4 Å². The van der Waals surface area contributed by atoms with E-state index in [1.165, 1.54) is 32.1 Å². The SMILES string of the molecule is CCCCCCNC(=O)Oc1ccccc1CC1CCCCN1C. The number of carbonyl (C=O) groups is 1. The number of hydrogen-bond donors (Lipinski definition) is 1. The Bertz CT molecular complexity index is 504. The molecule has 134 valence electrons. The summed E-state index contributed by atoms with van der Waals surface area (Å²) in [7, 11) is 2.19. The number of ether oxygens (including phenoxy) is 1. The minimum absolute atomic E-state index is 0.337. The number of piperidine rings is 1. The number of amides is 1. The minimum Gasteiger partial charge on any atom is -0.410 e. The Hall–Kier alpha value is -1.55. The first kappa shape index (κ1) is 18.8. The molecule has 24 heavy (non-hydrogen) atoms. The van der Waals surface area contributed by atoms with Crippen LogP contribution in [0.1, 0.15) is 57.4 Å². The quantitative estimate of drug-likeness (QED) is 0.718. The van der Waals surface area contributed by atoms with Gasteiger partial charge in [0, 0.05) is 12.6 Å². The number of hydrogen-bond acceptors (Lipinski definition) is 3. The number of unbranched alkanes of at least 4 members (excludes halogenated alkanes) is 3. The molecular weight excluding hydrogens is 300 g/mol. The topological polar surface area (TPSA) is 41.6 Å². The maximum atomic E-state index is 12.0. The summed E-state index contributed by atoms with van der Waals surface area (Å²) in [5, 5.41) is 2.86. The summed E-state index contributed by atoms with van der Waals surface area (Å²) < 4.78 is 5.56. The Morgan fingerprint density at radius 1 is 1.25 bits per heavy atom. The van der Waals surface area contributed by atoms with E-state index in [0.29, 0.717) is 18.3 Å². The fourth-order valence-electron chi connectivity index (χ4n) is 3.31. The van der Waals surface area contributed by atoms with E-state index in [-0.39, 0.29) is 6.09 Å². The summed E-state index contributed by atoms with van der Waals surface area (Å²) in [4.78, 5) is 14.4. The third kappa shape index (κ3) is 6.16. The van der Waals surface area contributed by atoms with Crippen LogP contribution >= 0.6 is 0 Å². The molecule has 4 heteroatoms. The molecule has 0 radical (unpaired) electrons. The first-order chi connectivity index (χ1) is 11.7. The summed E-state index contributed by atoms with van der Waals surface area (Å²) in [6.07, 6.45) is 8.98. The van der Waals surface area contributed by atoms with E-state index in [1.807, 2.05) is 18.2 Å². The molecule has 2 rings (SSSR count). The molecule has 1 unspecified atom stereocenters. The van der Waals surface area contributed by atoms with Crippen molar-refractivity contribution >= 4 is 6.09 Å². The number of likely N-dealkylation sites (N-methyl/N-ethyl adjacent to an activating group) is 1. The number of nitrogens with one attached hydrogen (secondary N) is 1. The van der Waals surface area contributed by atoms with Gasteiger partial charge in [0.15, 0.2) is 0 Å². The Labute approximate surface area is 146 Å². The zero-order chi connectivity index (χ0) is 17.2. The van der Waals surface area contributed by atoms with Crippen molar-refractivity contribution < 1.29 is 9.53 Å². The third-order valence-corrected chi connectivity index (χ3v) is 4.85. The second-order valence-corrected chi connectivity index (χ2v) is 6.82. The van der Waals surface area contributed by atoms with Crippen molar-refractivity contribution in [3.63, 3.8) is 0 Å². The van der Waals surface area contributed by atoms with Crippen LogP contribution in [-0.4, -0.2) is 37.2 Å². The second-order valence-electron chi connectivity index (χ2n) is 6.82. The van der Waals surface area contributed by atoms with E-state index < -0.39 is 0 Å². The second kappa shape index (κ2) is 10.3. The van der Waals surface area contributed by atoms with Crippen molar-refractivity contribution in [1.82, 2.24) is 10.2 Å². The van der Waals surface area contributed by atoms with Crippen molar-refractivity contribution in [3.05, 3.63) is 29.8 Å². The Morgan fingerprint density at radius 2 is 2.08 bits per heavy atom. The maximum absolute atomic E-state index is 12.0. The lowest BCUT2D eigenvalue weighted by molar-refractivity contribution is 0.182. The van der Waals surface area contributed by atoms with E-state index in [9.17, 15) is 4.79 Å². The van der Waals surface area contributed by atoms with E-state index in [2.05, 4.69) is 30.3 Å². The van der Waals surface area contributed by atoms with Crippen molar-refractivity contribution in [2.45, 2.75) is 64.3 Å². The average molecular weight is 332 g/mol. The fourth-order valence-corrected chi connectivity index (χ4v) is 3.31. The highest BCUT2D eigenvalue weighted by atomic mass is 16.6. The number of para-hydroxylation sites is 1. The smallest absolute Gasteiger partial charge is 0.410 e. The van der Waals surface area contributed by atoms with Crippen LogP contribution in [0, 0.1) is 0 Å². The van der Waals surface area contributed by atoms with Gasteiger partial charge in [-0.1, -0.05) is 50.8 Å². The lowest BCUT2D eigenvalue weighted by atomic mass is 9.96. The van der Waals surface area contributed by atoms with Crippen LogP contribution in [0.3, 0.4) is 0 Å². The van der Waals surface area contributed by atoms with Crippen LogP contribution in [0.4, 0.5) is 4.79 Å². The zero-order valence-electron chi connectivity index (χ0n) is 15.2. The summed E-state index contributed by atoms with van der Waals surface area (Å²) in [6, 6.07) is 8.47. The van der Waals surface area contributed by atoms with E-state index in [4.69, 9.17) is 4.74 Å². The van der Waals surface area contributed by atoms with Gasteiger partial charge >= 0.3 is 6.09 Å². The Morgan fingerprint density at radius 3 is 2.88 bits per heavy atom. The van der Waals surface area contributed by atoms with Crippen LogP contribution in [0.15, 0.2) is 24.3 Å². The number of rotatable bonds is 8. The van der Waals surface area contributed by atoms with E-state index >= 15 is 0 Å². The highest BCUT2D eigenvalue weighted by Crippen LogP contribution is 2.25. The molecule has 0 aromatic heterocycles. The lowest BCUT2D eigenvalue weighted by Gasteiger charge is -2.32. The van der Waals surface area contributed by atoms with Gasteiger partial charge in [0.25, 0.3) is 0 Å². The number of nitrogens with zero attached hydrogens (tertiary/aromatic N) is 1. The van der Waals surface area contributed by atoms with Gasteiger partial charge in [-0.15, -0.1) is 0 Å². The van der Waals surface area contributed by atoms with Crippen LogP contribution in [0.5, 0.6) is 5.75 Å². The molecule has 1 atom stereocenters. The number of carbonyl (C=O) groups excluding carboxylic acids is 1. The molecule has 1 aliphatic rings. The predicted molar refractivity (Wildman–Crippen MR) is 98.6 cm³/mol. The molecule has 1 fully saturated rings. The molecule has 4 nitrogen and oxygen atoms in total. The number of benzene rings is 1. The highest BCUT2D eigenvalue weighted by molar-refractivity contribution is 5.70. The summed E-state index contributed by atoms with van der Waals surface area (Å²) in [6.45, 7) is 4.03. The van der Waals surface area contributed by atoms with Gasteiger partial charge in [-0.05, 0) is 50.9 Å². The predicted octanol–water partition coefficient (Wildman–Crippen LogP) is 4.38. The molecule has 1 aliphatic heterocycles. The molecule has 1 saturated heterocycles. The summed E-state index contributed by atoms with van der Waals surface area (Å²) in [5.41, 5.74) is 1.12. The molecule has 0 spiro atoms. The lowest BCUT2D eigenvalue weighted by Crippen LogP contribution is -2.37. The zero-order valence-corrected chi connectivity index (χ0v) is 15.2. The third-order valence-electron chi connectivity index (χ3n) is 4.85. The van der Waals surface area contributed by atoms with Gasteiger partial charge < -0.3 is 15.0 Å². The normalized spacial score (nSPS) is 18.3. The average Bonchev–Trinajstić information content (AvgIpc) is 2.58. The van der Waals surface area contributed by atoms with Gasteiger partial charge in [-0.2, -0.15) is 0 Å². The van der Waals surface area contributed by atoms with Crippen molar-refractivity contribution in [2.75, 3.05) is 20.1 Å². The van der Waals surface area contributed by atoms with Crippen LogP contribution in [-0.2, 0) is 6.42 Å². The largest absolute Gasteiger partial charge is 0.412 e. The molecule has 0 bridgehead atoms. The van der Waals surface area contributed by atoms with Crippen LogP contribution in [0.25, 0.3) is 0 Å². The molecule has 1 heterocycles. The minimum atomic E-state index is -0.337. The number of likely N-dealkylation sites (tertiary alicyclic amines) is 1. The van der Waals surface area contributed by atoms with Gasteiger partial charge in [0.1, 0.15) is 5.75 Å². The van der Waals surface area contributed by atoms with Gasteiger partial charge in [0.2, 0.25) is 0 Å². The van der Waals surface area contributed by atoms with Crippen molar-refractivity contribution in [1.29, 1.82) is 0 Å². The molecule has 0 aliphatic carbocycles. The van der Waals surface area contributed by atoms with Gasteiger partial charge in [-0.3, -0.25) is 0 Å². The van der Waals surface area contributed by atoms with E-state index in [1.54, 1.807) is 0 Å². The molecule has 1 aromatic carbocycles. The van der Waals surface area contributed by atoms with Crippen molar-refractivity contribution in [3.8, 4) is 5.75 Å². The molecule has 1 N–H and O–H groups in total. The van der Waals surface area contributed by atoms with Crippen LogP contribution < -0.4 is 10.1 Å². The standard InChI is InChI=1S/C20H32N2O2/c1-3-4-5-9-14-21-20(23)24-19-13-7-6-11-17(19)16-18-12-8-10-15-22(18)2/h6-7,11,13,18H,3-5,8-10,12,14-16H2,1-2H3,(H,21,23). The highest BCUT2D eigenvalue weighted by Gasteiger charge is 2.21. The van der Waals surface area contributed by atoms with Crippen molar-refractivity contribution in [2.24, 2.45) is 0 Å². The van der Waals surface area contributed by atoms with Crippen LogP contribution in [0.2, 0.25) is 0 Å². The Balaban J connectivity index is 1.85. The summed E-state index contributed by atoms with van der Waals surface area (Å²) >= 11 is 0. The monoisotopic (exact) mass is 332 g/mol. The molecule has 1 aromatic rings. The van der Waals surface area contributed by atoms with Gasteiger partial charge in [0.05, 0.1) is 0 Å². The first-order valence-corrected chi connectivity index (χ1v) is 9.44. The molecule has 0 saturated carbocycles. The molecule has 1 amide bonds. The summed E-state index contributed by atoms with van der Waals surface area (Å²) in [5.74, 6) is 0.697. The Kier molecular flexibility index (Phi) is 8.10. The molecular formula is C20H32N2O2. The maximum Gasteiger partial charge on any atom is 0.412 e. The fraction of sp³-hybridized carbons (Fsp3) is 0.650.